The number of H-pyrrole nitrogens is 1. The van der Waals surface area contributed by atoms with Crippen molar-refractivity contribution in [3.63, 3.8) is 0 Å². The van der Waals surface area contributed by atoms with E-state index < -0.39 is 81.1 Å². The Balaban J connectivity index is 1.35. The van der Waals surface area contributed by atoms with E-state index in [1.54, 1.807) is 0 Å². The minimum Gasteiger partial charge on any atom is -0.387 e. The number of phosphoric acid groups is 1. The SMILES string of the molecule is Cc1cn([C@H]2CC(N=[N+]=[N-])[C@@H](COP(=O)(O)OC[C@H]3O[C@@H](n4cnc(C(N)=O)n4)[C@H](O)[C@@H]3O)O2)c(=O)[nH]c1=O. The van der Waals surface area contributed by atoms with E-state index in [4.69, 9.17) is 29.8 Å². The number of hydrogen-bond donors (Lipinski definition) is 5. The molecule has 0 radical (unpaired) electrons. The minimum absolute atomic E-state index is 0.00119. The highest BCUT2D eigenvalue weighted by Crippen LogP contribution is 2.45. The van der Waals surface area contributed by atoms with Crippen LogP contribution in [0.1, 0.15) is 35.1 Å². The highest BCUT2D eigenvalue weighted by Gasteiger charge is 2.46. The maximum absolute atomic E-state index is 12.5. The van der Waals surface area contributed by atoms with Crippen molar-refractivity contribution in [3.05, 3.63) is 55.2 Å². The third-order valence-corrected chi connectivity index (χ3v) is 6.94. The summed E-state index contributed by atoms with van der Waals surface area (Å²) in [5.74, 6) is -1.29. The van der Waals surface area contributed by atoms with Gasteiger partial charge in [-0.05, 0) is 12.5 Å². The van der Waals surface area contributed by atoms with Gasteiger partial charge in [0.2, 0.25) is 5.82 Å². The van der Waals surface area contributed by atoms with E-state index in [0.717, 1.165) is 15.6 Å². The molecule has 2 aromatic rings. The molecular formula is C18H24N9O11P. The Kier molecular flexibility index (Phi) is 8.31. The zero-order valence-electron chi connectivity index (χ0n) is 20.1. The fourth-order valence-corrected chi connectivity index (χ4v) is 4.74. The van der Waals surface area contributed by atoms with Crippen LogP contribution in [0, 0.1) is 6.92 Å². The Morgan fingerprint density at radius 2 is 2.00 bits per heavy atom. The number of aliphatic hydroxyl groups is 2. The molecule has 20 nitrogen and oxygen atoms in total. The zero-order chi connectivity index (χ0) is 28.5. The number of hydrogen-bond acceptors (Lipinski definition) is 13. The first kappa shape index (κ1) is 28.6. The molecule has 21 heteroatoms. The van der Waals surface area contributed by atoms with Crippen molar-refractivity contribution >= 4 is 13.7 Å². The Morgan fingerprint density at radius 3 is 2.64 bits per heavy atom. The summed E-state index contributed by atoms with van der Waals surface area (Å²) in [4.78, 5) is 53.6. The van der Waals surface area contributed by atoms with Gasteiger partial charge in [0, 0.05) is 23.1 Å². The molecule has 0 aromatic carbocycles. The fraction of sp³-hybridized carbons (Fsp3) is 0.611. The van der Waals surface area contributed by atoms with Crippen LogP contribution in [0.3, 0.4) is 0 Å². The van der Waals surface area contributed by atoms with Crippen LogP contribution in [0.4, 0.5) is 0 Å². The summed E-state index contributed by atoms with van der Waals surface area (Å²) < 4.78 is 35.5. The Bertz CT molecular complexity index is 1440. The quantitative estimate of drug-likeness (QED) is 0.0886. The van der Waals surface area contributed by atoms with Gasteiger partial charge in [0.15, 0.2) is 6.23 Å². The van der Waals surface area contributed by atoms with Crippen molar-refractivity contribution in [2.45, 2.75) is 56.3 Å². The molecule has 4 rings (SSSR count). The molecular weight excluding hydrogens is 549 g/mol. The Morgan fingerprint density at radius 1 is 1.31 bits per heavy atom. The van der Waals surface area contributed by atoms with Crippen LogP contribution in [-0.4, -0.2) is 89.0 Å². The number of primary amides is 1. The number of nitrogens with zero attached hydrogens (tertiary/aromatic N) is 7. The molecule has 1 amide bonds. The number of rotatable bonds is 10. The lowest BCUT2D eigenvalue weighted by Crippen LogP contribution is -2.34. The topological polar surface area (TPSA) is 292 Å². The van der Waals surface area contributed by atoms with Gasteiger partial charge in [-0.25, -0.2) is 19.0 Å². The number of nitrogens with two attached hydrogens (primary N) is 1. The zero-order valence-corrected chi connectivity index (χ0v) is 21.0. The maximum atomic E-state index is 12.5. The minimum atomic E-state index is -4.80. The van der Waals surface area contributed by atoms with E-state index in [0.29, 0.717) is 0 Å². The lowest BCUT2D eigenvalue weighted by atomic mass is 10.1. The average Bonchev–Trinajstić information content (AvgIpc) is 3.58. The van der Waals surface area contributed by atoms with Crippen LogP contribution >= 0.6 is 7.82 Å². The molecule has 0 spiro atoms. The predicted molar refractivity (Wildman–Crippen MR) is 124 cm³/mol. The fourth-order valence-electron chi connectivity index (χ4n) is 3.99. The van der Waals surface area contributed by atoms with Crippen LogP contribution in [-0.2, 0) is 23.1 Å². The Hall–Kier alpha value is -3.45. The normalized spacial score (nSPS) is 30.1. The van der Waals surface area contributed by atoms with Crippen LogP contribution < -0.4 is 17.0 Å². The number of ether oxygens (including phenoxy) is 2. The van der Waals surface area contributed by atoms with E-state index in [1.807, 2.05) is 0 Å². The predicted octanol–water partition coefficient (Wildman–Crippen LogP) is -2.05. The summed E-state index contributed by atoms with van der Waals surface area (Å²) in [7, 11) is -4.80. The van der Waals surface area contributed by atoms with Gasteiger partial charge in [0.25, 0.3) is 11.5 Å². The van der Waals surface area contributed by atoms with Crippen molar-refractivity contribution in [3.8, 4) is 0 Å². The third-order valence-electron chi connectivity index (χ3n) is 5.99. The van der Waals surface area contributed by atoms with Gasteiger partial charge in [-0.1, -0.05) is 5.11 Å². The summed E-state index contributed by atoms with van der Waals surface area (Å²) in [5, 5.41) is 27.8. The third kappa shape index (κ3) is 6.25. The van der Waals surface area contributed by atoms with Gasteiger partial charge < -0.3 is 30.3 Å². The van der Waals surface area contributed by atoms with Crippen LogP contribution in [0.15, 0.2) is 27.2 Å². The van der Waals surface area contributed by atoms with Crippen molar-refractivity contribution in [2.75, 3.05) is 13.2 Å². The van der Waals surface area contributed by atoms with Crippen LogP contribution in [0.5, 0.6) is 0 Å². The first-order chi connectivity index (χ1) is 18.4. The molecule has 212 valence electrons. The molecule has 2 aromatic heterocycles. The second kappa shape index (κ2) is 11.3. The van der Waals surface area contributed by atoms with E-state index in [2.05, 4.69) is 25.1 Å². The van der Waals surface area contributed by atoms with Gasteiger partial charge in [-0.2, -0.15) is 0 Å². The largest absolute Gasteiger partial charge is 0.472 e. The van der Waals surface area contributed by atoms with Crippen molar-refractivity contribution in [2.24, 2.45) is 10.8 Å². The maximum Gasteiger partial charge on any atom is 0.472 e. The van der Waals surface area contributed by atoms with Gasteiger partial charge in [-0.3, -0.25) is 28.2 Å². The molecule has 0 aliphatic carbocycles. The molecule has 0 bridgehead atoms. The summed E-state index contributed by atoms with van der Waals surface area (Å²) in [5.41, 5.74) is 12.8. The standard InChI is InChI=1S/C18H24N9O11P/c1-7-3-26(18(32)22-16(7)31)11-2-8(23-25-20)9(37-11)4-35-39(33,34)36-5-10-12(28)13(29)17(38-10)27-6-21-15(24-27)14(19)30/h3,6,8-13,17,28-29H,2,4-5H2,1H3,(H2,19,30)(H,33,34)(H,22,31,32)/t8?,9-,10-,11-,12-,13-,17-/m1/s1. The second-order valence-corrected chi connectivity index (χ2v) is 10.1. The number of carbonyl (C=O) groups is 1. The van der Waals surface area contributed by atoms with Crippen LogP contribution in [0.25, 0.3) is 10.4 Å². The summed E-state index contributed by atoms with van der Waals surface area (Å²) in [6, 6.07) is -0.900. The number of aryl methyl sites for hydroxylation is 1. The molecule has 2 saturated heterocycles. The molecule has 0 saturated carbocycles. The average molecular weight is 573 g/mol. The van der Waals surface area contributed by atoms with E-state index in [-0.39, 0.29) is 17.8 Å². The molecule has 2 aliphatic rings. The van der Waals surface area contributed by atoms with Gasteiger partial charge in [0.05, 0.1) is 25.4 Å². The lowest BCUT2D eigenvalue weighted by molar-refractivity contribution is -0.0615. The van der Waals surface area contributed by atoms with E-state index in [9.17, 15) is 34.1 Å². The van der Waals surface area contributed by atoms with Crippen molar-refractivity contribution in [1.82, 2.24) is 24.3 Å². The van der Waals surface area contributed by atoms with Gasteiger partial charge in [-0.15, -0.1) is 5.10 Å². The first-order valence-electron chi connectivity index (χ1n) is 11.3. The second-order valence-electron chi connectivity index (χ2n) is 8.63. The number of phosphoric ester groups is 1. The smallest absolute Gasteiger partial charge is 0.387 e. The summed E-state index contributed by atoms with van der Waals surface area (Å²) >= 11 is 0. The summed E-state index contributed by atoms with van der Waals surface area (Å²) in [6.07, 6.45) is -5.48. The monoisotopic (exact) mass is 573 g/mol. The van der Waals surface area contributed by atoms with Crippen LogP contribution in [0.2, 0.25) is 0 Å². The number of aromatic nitrogens is 5. The molecule has 2 fully saturated rings. The highest BCUT2D eigenvalue weighted by atomic mass is 31.2. The van der Waals surface area contributed by atoms with E-state index >= 15 is 0 Å². The molecule has 8 atom stereocenters. The van der Waals surface area contributed by atoms with Gasteiger partial charge >= 0.3 is 13.5 Å². The first-order valence-corrected chi connectivity index (χ1v) is 12.8. The highest BCUT2D eigenvalue weighted by molar-refractivity contribution is 7.47. The summed E-state index contributed by atoms with van der Waals surface area (Å²) in [6.45, 7) is 0.171. The van der Waals surface area contributed by atoms with Crippen molar-refractivity contribution < 1.29 is 43.0 Å². The number of carbonyl (C=O) groups excluding carboxylic acids is 1. The molecule has 6 N–H and O–H groups in total. The number of azide groups is 1. The van der Waals surface area contributed by atoms with Gasteiger partial charge in [0.1, 0.15) is 30.9 Å². The molecule has 4 heterocycles. The number of aliphatic hydroxyl groups excluding tert-OH is 2. The molecule has 2 aliphatic heterocycles. The number of aromatic amines is 1. The van der Waals surface area contributed by atoms with E-state index in [1.165, 1.54) is 13.1 Å². The van der Waals surface area contributed by atoms with Crippen molar-refractivity contribution in [1.29, 1.82) is 0 Å². The molecule has 2 unspecified atom stereocenters. The Labute approximate surface area is 217 Å². The number of nitrogens with one attached hydrogen (secondary N) is 1. The lowest BCUT2D eigenvalue weighted by Gasteiger charge is -2.20. The number of amides is 1. The molecule has 39 heavy (non-hydrogen) atoms.